The molecule has 0 aromatic heterocycles. The Bertz CT molecular complexity index is 847. The van der Waals surface area contributed by atoms with E-state index in [-0.39, 0.29) is 18.7 Å². The molecule has 2 fully saturated rings. The molecule has 0 spiro atoms. The summed E-state index contributed by atoms with van der Waals surface area (Å²) in [6.45, 7) is 2.65. The molecule has 1 aromatic carbocycles. The van der Waals surface area contributed by atoms with Gasteiger partial charge >= 0.3 is 0 Å². The second kappa shape index (κ2) is 7.44. The minimum absolute atomic E-state index is 0.120. The van der Waals surface area contributed by atoms with Crippen LogP contribution in [0.15, 0.2) is 18.2 Å². The van der Waals surface area contributed by atoms with Crippen LogP contribution >= 0.6 is 0 Å². The SMILES string of the molecule is CN(Cc1ccc2c(c1)C(=O)N(C1CCC(=O)NC1=O)C2=O)C[C@H]1CCCN1. The Hall–Kier alpha value is -2.58. The largest absolute Gasteiger partial charge is 0.313 e. The van der Waals surface area contributed by atoms with Gasteiger partial charge < -0.3 is 10.2 Å². The van der Waals surface area contributed by atoms with Gasteiger partial charge in [-0.2, -0.15) is 0 Å². The summed E-state index contributed by atoms with van der Waals surface area (Å²) >= 11 is 0. The molecule has 2 atom stereocenters. The second-order valence-electron chi connectivity index (χ2n) is 7.82. The molecule has 148 valence electrons. The summed E-state index contributed by atoms with van der Waals surface area (Å²) in [6.07, 6.45) is 2.65. The highest BCUT2D eigenvalue weighted by Gasteiger charge is 2.44. The van der Waals surface area contributed by atoms with Crippen LogP contribution in [0.25, 0.3) is 0 Å². The van der Waals surface area contributed by atoms with Gasteiger partial charge in [-0.15, -0.1) is 0 Å². The topological polar surface area (TPSA) is 98.8 Å². The highest BCUT2D eigenvalue weighted by Crippen LogP contribution is 2.28. The Kier molecular flexibility index (Phi) is 4.99. The van der Waals surface area contributed by atoms with Gasteiger partial charge in [0.15, 0.2) is 0 Å². The van der Waals surface area contributed by atoms with Gasteiger partial charge in [0.1, 0.15) is 6.04 Å². The fourth-order valence-electron chi connectivity index (χ4n) is 4.28. The van der Waals surface area contributed by atoms with E-state index in [4.69, 9.17) is 0 Å². The van der Waals surface area contributed by atoms with Gasteiger partial charge in [-0.3, -0.25) is 29.4 Å². The summed E-state index contributed by atoms with van der Waals surface area (Å²) in [5, 5.41) is 5.68. The molecule has 28 heavy (non-hydrogen) atoms. The molecule has 3 aliphatic heterocycles. The van der Waals surface area contributed by atoms with Gasteiger partial charge in [-0.25, -0.2) is 0 Å². The second-order valence-corrected chi connectivity index (χ2v) is 7.82. The molecule has 8 heteroatoms. The van der Waals surface area contributed by atoms with E-state index in [1.165, 1.54) is 12.8 Å². The molecule has 0 saturated carbocycles. The van der Waals surface area contributed by atoms with Crippen molar-refractivity contribution in [3.63, 3.8) is 0 Å². The van der Waals surface area contributed by atoms with Gasteiger partial charge in [0.2, 0.25) is 11.8 Å². The molecule has 1 unspecified atom stereocenters. The summed E-state index contributed by atoms with van der Waals surface area (Å²) < 4.78 is 0. The molecular weight excluding hydrogens is 360 g/mol. The number of hydrogen-bond acceptors (Lipinski definition) is 6. The van der Waals surface area contributed by atoms with Crippen LogP contribution in [-0.4, -0.2) is 65.6 Å². The fraction of sp³-hybridized carbons (Fsp3) is 0.500. The first kappa shape index (κ1) is 18.8. The van der Waals surface area contributed by atoms with Crippen LogP contribution in [0.3, 0.4) is 0 Å². The van der Waals surface area contributed by atoms with Crippen LogP contribution < -0.4 is 10.6 Å². The molecule has 0 radical (unpaired) electrons. The summed E-state index contributed by atoms with van der Waals surface area (Å²) in [5.41, 5.74) is 1.60. The first-order chi connectivity index (χ1) is 13.4. The number of carbonyl (C=O) groups is 4. The number of likely N-dealkylation sites (N-methyl/N-ethyl adjacent to an activating group) is 1. The molecule has 3 heterocycles. The zero-order chi connectivity index (χ0) is 19.8. The monoisotopic (exact) mass is 384 g/mol. The van der Waals surface area contributed by atoms with Crippen molar-refractivity contribution in [1.82, 2.24) is 20.4 Å². The number of imide groups is 2. The van der Waals surface area contributed by atoms with Gasteiger partial charge in [-0.05, 0) is 50.6 Å². The average Bonchev–Trinajstić information content (AvgIpc) is 3.23. The normalized spacial score (nSPS) is 24.9. The minimum atomic E-state index is -0.926. The number of nitrogens with zero attached hydrogens (tertiary/aromatic N) is 2. The zero-order valence-electron chi connectivity index (χ0n) is 15.9. The molecule has 0 bridgehead atoms. The van der Waals surface area contributed by atoms with Gasteiger partial charge in [0.25, 0.3) is 11.8 Å². The number of piperidine rings is 1. The maximum Gasteiger partial charge on any atom is 0.262 e. The van der Waals surface area contributed by atoms with E-state index in [1.807, 2.05) is 13.1 Å². The summed E-state index contributed by atoms with van der Waals surface area (Å²) in [5.74, 6) is -1.89. The van der Waals surface area contributed by atoms with Crippen molar-refractivity contribution in [3.05, 3.63) is 34.9 Å². The molecular formula is C20H24N4O4. The third kappa shape index (κ3) is 3.45. The average molecular weight is 384 g/mol. The van der Waals surface area contributed by atoms with Crippen molar-refractivity contribution in [2.24, 2.45) is 0 Å². The Morgan fingerprint density at radius 3 is 2.61 bits per heavy atom. The smallest absolute Gasteiger partial charge is 0.262 e. The van der Waals surface area contributed by atoms with E-state index < -0.39 is 23.8 Å². The van der Waals surface area contributed by atoms with Crippen LogP contribution in [0.4, 0.5) is 0 Å². The zero-order valence-corrected chi connectivity index (χ0v) is 15.9. The fourth-order valence-corrected chi connectivity index (χ4v) is 4.28. The third-order valence-electron chi connectivity index (χ3n) is 5.65. The molecule has 3 aliphatic rings. The first-order valence-electron chi connectivity index (χ1n) is 9.70. The molecule has 1 aromatic rings. The van der Waals surface area contributed by atoms with Crippen molar-refractivity contribution in [1.29, 1.82) is 0 Å². The number of carbonyl (C=O) groups excluding carboxylic acids is 4. The maximum atomic E-state index is 12.9. The van der Waals surface area contributed by atoms with Crippen molar-refractivity contribution in [2.45, 2.75) is 44.3 Å². The number of rotatable bonds is 5. The lowest BCUT2D eigenvalue weighted by Crippen LogP contribution is -2.54. The Balaban J connectivity index is 1.49. The number of fused-ring (bicyclic) bond motifs is 1. The predicted octanol–water partition coefficient (Wildman–Crippen LogP) is 0.272. The lowest BCUT2D eigenvalue weighted by Gasteiger charge is -2.27. The number of benzene rings is 1. The highest BCUT2D eigenvalue weighted by molar-refractivity contribution is 6.23. The predicted molar refractivity (Wildman–Crippen MR) is 100 cm³/mol. The lowest BCUT2D eigenvalue weighted by molar-refractivity contribution is -0.136. The molecule has 4 rings (SSSR count). The Morgan fingerprint density at radius 1 is 1.11 bits per heavy atom. The van der Waals surface area contributed by atoms with Crippen LogP contribution in [0.1, 0.15) is 52.0 Å². The quantitative estimate of drug-likeness (QED) is 0.707. The van der Waals surface area contributed by atoms with E-state index in [0.717, 1.165) is 23.6 Å². The van der Waals surface area contributed by atoms with Crippen molar-refractivity contribution < 1.29 is 19.2 Å². The molecule has 2 N–H and O–H groups in total. The van der Waals surface area contributed by atoms with E-state index in [9.17, 15) is 19.2 Å². The van der Waals surface area contributed by atoms with E-state index in [1.54, 1.807) is 12.1 Å². The standard InChI is InChI=1S/C20H24N4O4/c1-23(11-13-3-2-8-21-13)10-12-4-5-14-15(9-12)20(28)24(19(14)27)16-6-7-17(25)22-18(16)26/h4-5,9,13,16,21H,2-3,6-8,10-11H2,1H3,(H,22,25,26)/t13-,16?/m1/s1. The van der Waals surface area contributed by atoms with Gasteiger partial charge in [-0.1, -0.05) is 6.07 Å². The molecule has 8 nitrogen and oxygen atoms in total. The summed E-state index contributed by atoms with van der Waals surface area (Å²) in [4.78, 5) is 52.3. The highest BCUT2D eigenvalue weighted by atomic mass is 16.2. The van der Waals surface area contributed by atoms with Crippen molar-refractivity contribution in [3.8, 4) is 0 Å². The first-order valence-corrected chi connectivity index (χ1v) is 9.70. The third-order valence-corrected chi connectivity index (χ3v) is 5.65. The number of hydrogen-bond donors (Lipinski definition) is 2. The molecule has 4 amide bonds. The van der Waals surface area contributed by atoms with E-state index in [0.29, 0.717) is 23.7 Å². The van der Waals surface area contributed by atoms with Crippen LogP contribution in [-0.2, 0) is 16.1 Å². The molecule has 0 aliphatic carbocycles. The van der Waals surface area contributed by atoms with Crippen LogP contribution in [0.2, 0.25) is 0 Å². The van der Waals surface area contributed by atoms with E-state index >= 15 is 0 Å². The van der Waals surface area contributed by atoms with Crippen molar-refractivity contribution in [2.75, 3.05) is 20.1 Å². The summed E-state index contributed by atoms with van der Waals surface area (Å²) in [7, 11) is 2.04. The minimum Gasteiger partial charge on any atom is -0.313 e. The van der Waals surface area contributed by atoms with Crippen LogP contribution in [0, 0.1) is 0 Å². The van der Waals surface area contributed by atoms with Crippen LogP contribution in [0.5, 0.6) is 0 Å². The Morgan fingerprint density at radius 2 is 1.89 bits per heavy atom. The van der Waals surface area contributed by atoms with Crippen molar-refractivity contribution >= 4 is 23.6 Å². The number of amides is 4. The summed E-state index contributed by atoms with van der Waals surface area (Å²) in [6, 6.07) is 4.84. The maximum absolute atomic E-state index is 12.9. The lowest BCUT2D eigenvalue weighted by atomic mass is 10.0. The number of nitrogens with one attached hydrogen (secondary N) is 2. The molecule has 2 saturated heterocycles. The van der Waals surface area contributed by atoms with Gasteiger partial charge in [0, 0.05) is 25.6 Å². The Labute approximate surface area is 163 Å². The van der Waals surface area contributed by atoms with E-state index in [2.05, 4.69) is 15.5 Å². The van der Waals surface area contributed by atoms with Gasteiger partial charge in [0.05, 0.1) is 11.1 Å².